The third-order valence-electron chi connectivity index (χ3n) is 3.72. The molecular weight excluding hydrogens is 200 g/mol. The summed E-state index contributed by atoms with van der Waals surface area (Å²) in [4.78, 5) is 12.0. The Morgan fingerprint density at radius 1 is 1.44 bits per heavy atom. The third-order valence-corrected chi connectivity index (χ3v) is 3.72. The van der Waals surface area contributed by atoms with Gasteiger partial charge >= 0.3 is 0 Å². The van der Waals surface area contributed by atoms with Crippen LogP contribution in [0, 0.1) is 17.8 Å². The van der Waals surface area contributed by atoms with Gasteiger partial charge in [0, 0.05) is 18.5 Å². The number of hydrogen-bond donors (Lipinski definition) is 2. The van der Waals surface area contributed by atoms with E-state index in [1.807, 2.05) is 0 Å². The van der Waals surface area contributed by atoms with Gasteiger partial charge in [0.25, 0.3) is 0 Å². The Bertz CT molecular complexity index is 228. The first-order valence-corrected chi connectivity index (χ1v) is 6.55. The second kappa shape index (κ2) is 6.24. The molecular formula is C13H26N2O. The Morgan fingerprint density at radius 3 is 2.75 bits per heavy atom. The molecule has 0 bridgehead atoms. The molecule has 3 heteroatoms. The van der Waals surface area contributed by atoms with E-state index < -0.39 is 0 Å². The number of nitrogens with two attached hydrogens (primary N) is 1. The molecule has 0 spiro atoms. The summed E-state index contributed by atoms with van der Waals surface area (Å²) < 4.78 is 0. The van der Waals surface area contributed by atoms with E-state index in [0.29, 0.717) is 11.8 Å². The molecule has 1 amide bonds. The van der Waals surface area contributed by atoms with Crippen LogP contribution in [-0.2, 0) is 4.79 Å². The van der Waals surface area contributed by atoms with Gasteiger partial charge in [-0.25, -0.2) is 0 Å². The Morgan fingerprint density at radius 2 is 2.12 bits per heavy atom. The summed E-state index contributed by atoms with van der Waals surface area (Å²) in [6, 6.07) is 0.203. The lowest BCUT2D eigenvalue weighted by Gasteiger charge is -2.32. The summed E-state index contributed by atoms with van der Waals surface area (Å²) in [6.45, 7) is 7.25. The van der Waals surface area contributed by atoms with Crippen molar-refractivity contribution in [2.45, 2.75) is 52.5 Å². The number of carbonyl (C=O) groups excluding carboxylic acids is 1. The van der Waals surface area contributed by atoms with Gasteiger partial charge in [-0.15, -0.1) is 0 Å². The van der Waals surface area contributed by atoms with Crippen LogP contribution in [0.4, 0.5) is 0 Å². The minimum atomic E-state index is 0.135. The monoisotopic (exact) mass is 226 g/mol. The maximum atomic E-state index is 12.0. The van der Waals surface area contributed by atoms with Crippen LogP contribution in [0.15, 0.2) is 0 Å². The first kappa shape index (κ1) is 13.5. The van der Waals surface area contributed by atoms with E-state index in [0.717, 1.165) is 32.2 Å². The predicted molar refractivity (Wildman–Crippen MR) is 66.9 cm³/mol. The summed E-state index contributed by atoms with van der Waals surface area (Å²) in [5, 5.41) is 3.04. The zero-order chi connectivity index (χ0) is 12.1. The highest BCUT2D eigenvalue weighted by Gasteiger charge is 2.32. The lowest BCUT2D eigenvalue weighted by molar-refractivity contribution is -0.127. The van der Waals surface area contributed by atoms with Gasteiger partial charge in [0.05, 0.1) is 0 Å². The number of amides is 1. The van der Waals surface area contributed by atoms with Crippen molar-refractivity contribution in [1.82, 2.24) is 5.32 Å². The molecule has 1 aliphatic rings. The molecule has 1 rings (SSSR count). The lowest BCUT2D eigenvalue weighted by Crippen LogP contribution is -2.44. The van der Waals surface area contributed by atoms with Gasteiger partial charge in [-0.2, -0.15) is 0 Å². The van der Waals surface area contributed by atoms with Crippen molar-refractivity contribution in [2.24, 2.45) is 23.5 Å². The van der Waals surface area contributed by atoms with Crippen molar-refractivity contribution in [2.75, 3.05) is 6.54 Å². The van der Waals surface area contributed by atoms with E-state index in [9.17, 15) is 4.79 Å². The molecule has 16 heavy (non-hydrogen) atoms. The van der Waals surface area contributed by atoms with Crippen LogP contribution >= 0.6 is 0 Å². The fourth-order valence-electron chi connectivity index (χ4n) is 2.38. The van der Waals surface area contributed by atoms with E-state index in [1.165, 1.54) is 0 Å². The molecule has 1 saturated carbocycles. The van der Waals surface area contributed by atoms with Gasteiger partial charge in [-0.1, -0.05) is 27.2 Å². The Hall–Kier alpha value is -0.570. The molecule has 0 radical (unpaired) electrons. The lowest BCUT2D eigenvalue weighted by atomic mass is 9.77. The molecule has 0 aliphatic heterocycles. The van der Waals surface area contributed by atoms with Gasteiger partial charge in [-0.05, 0) is 31.1 Å². The maximum Gasteiger partial charge on any atom is 0.223 e. The van der Waals surface area contributed by atoms with Crippen molar-refractivity contribution in [3.8, 4) is 0 Å². The zero-order valence-corrected chi connectivity index (χ0v) is 10.8. The Labute approximate surface area is 99.2 Å². The van der Waals surface area contributed by atoms with Crippen LogP contribution in [0.2, 0.25) is 0 Å². The highest BCUT2D eigenvalue weighted by Crippen LogP contribution is 2.28. The van der Waals surface area contributed by atoms with Gasteiger partial charge in [0.1, 0.15) is 0 Å². The number of carbonyl (C=O) groups is 1. The zero-order valence-electron chi connectivity index (χ0n) is 10.8. The van der Waals surface area contributed by atoms with Crippen LogP contribution < -0.4 is 11.1 Å². The van der Waals surface area contributed by atoms with Crippen LogP contribution in [0.3, 0.4) is 0 Å². The van der Waals surface area contributed by atoms with Crippen molar-refractivity contribution in [3.63, 3.8) is 0 Å². The molecule has 94 valence electrons. The normalized spacial score (nSPS) is 30.4. The Kier molecular flexibility index (Phi) is 5.26. The second-order valence-electron chi connectivity index (χ2n) is 5.53. The fraction of sp³-hybridized carbons (Fsp3) is 0.923. The summed E-state index contributed by atoms with van der Waals surface area (Å²) >= 11 is 0. The highest BCUT2D eigenvalue weighted by molar-refractivity contribution is 5.79. The van der Waals surface area contributed by atoms with Crippen molar-refractivity contribution in [3.05, 3.63) is 0 Å². The van der Waals surface area contributed by atoms with E-state index in [-0.39, 0.29) is 17.9 Å². The summed E-state index contributed by atoms with van der Waals surface area (Å²) in [6.07, 6.45) is 4.21. The SMILES string of the molecule is CC(C)CCNC(=O)C1CCCC(N)C1C. The van der Waals surface area contributed by atoms with Crippen LogP contribution in [-0.4, -0.2) is 18.5 Å². The molecule has 3 atom stereocenters. The standard InChI is InChI=1S/C13H26N2O/c1-9(2)7-8-15-13(16)11-5-4-6-12(14)10(11)3/h9-12H,4-8,14H2,1-3H3,(H,15,16). The average Bonchev–Trinajstić information content (AvgIpc) is 2.21. The summed E-state index contributed by atoms with van der Waals surface area (Å²) in [5.74, 6) is 1.32. The van der Waals surface area contributed by atoms with E-state index in [4.69, 9.17) is 5.73 Å². The predicted octanol–water partition coefficient (Wildman–Crippen LogP) is 1.91. The maximum absolute atomic E-state index is 12.0. The molecule has 0 aromatic carbocycles. The van der Waals surface area contributed by atoms with Gasteiger partial charge in [-0.3, -0.25) is 4.79 Å². The van der Waals surface area contributed by atoms with Crippen molar-refractivity contribution < 1.29 is 4.79 Å². The molecule has 0 aromatic heterocycles. The molecule has 0 saturated heterocycles. The molecule has 3 nitrogen and oxygen atoms in total. The van der Waals surface area contributed by atoms with Gasteiger partial charge in [0.15, 0.2) is 0 Å². The number of rotatable bonds is 4. The second-order valence-corrected chi connectivity index (χ2v) is 5.53. The van der Waals surface area contributed by atoms with E-state index >= 15 is 0 Å². The minimum Gasteiger partial charge on any atom is -0.356 e. The largest absolute Gasteiger partial charge is 0.356 e. The van der Waals surface area contributed by atoms with Crippen molar-refractivity contribution >= 4 is 5.91 Å². The van der Waals surface area contributed by atoms with E-state index in [1.54, 1.807) is 0 Å². The van der Waals surface area contributed by atoms with Gasteiger partial charge in [0.2, 0.25) is 5.91 Å². The smallest absolute Gasteiger partial charge is 0.223 e. The topological polar surface area (TPSA) is 55.1 Å². The molecule has 3 unspecified atom stereocenters. The van der Waals surface area contributed by atoms with Crippen LogP contribution in [0.5, 0.6) is 0 Å². The molecule has 0 heterocycles. The first-order chi connectivity index (χ1) is 7.52. The third kappa shape index (κ3) is 3.78. The quantitative estimate of drug-likeness (QED) is 0.769. The summed E-state index contributed by atoms with van der Waals surface area (Å²) in [7, 11) is 0. The molecule has 1 aliphatic carbocycles. The number of hydrogen-bond acceptors (Lipinski definition) is 2. The van der Waals surface area contributed by atoms with Crippen LogP contribution in [0.25, 0.3) is 0 Å². The van der Waals surface area contributed by atoms with Crippen LogP contribution in [0.1, 0.15) is 46.5 Å². The number of nitrogens with one attached hydrogen (secondary N) is 1. The minimum absolute atomic E-state index is 0.135. The average molecular weight is 226 g/mol. The van der Waals surface area contributed by atoms with Crippen molar-refractivity contribution in [1.29, 1.82) is 0 Å². The highest BCUT2D eigenvalue weighted by atomic mass is 16.1. The first-order valence-electron chi connectivity index (χ1n) is 6.55. The summed E-state index contributed by atoms with van der Waals surface area (Å²) in [5.41, 5.74) is 6.00. The van der Waals surface area contributed by atoms with Gasteiger partial charge < -0.3 is 11.1 Å². The molecule has 0 aromatic rings. The fourth-order valence-corrected chi connectivity index (χ4v) is 2.38. The van der Waals surface area contributed by atoms with E-state index in [2.05, 4.69) is 26.1 Å². The Balaban J connectivity index is 2.35. The molecule has 1 fully saturated rings. The molecule has 3 N–H and O–H groups in total.